The summed E-state index contributed by atoms with van der Waals surface area (Å²) in [5.74, 6) is 0.941. The molecule has 112 valence electrons. The van der Waals surface area contributed by atoms with Crippen LogP contribution in [0.1, 0.15) is 51.9 Å². The van der Waals surface area contributed by atoms with Crippen molar-refractivity contribution in [2.75, 3.05) is 33.7 Å². The van der Waals surface area contributed by atoms with Gasteiger partial charge in [-0.1, -0.05) is 32.6 Å². The third-order valence-corrected chi connectivity index (χ3v) is 4.00. The van der Waals surface area contributed by atoms with E-state index < -0.39 is 0 Å². The van der Waals surface area contributed by atoms with E-state index in [0.29, 0.717) is 0 Å². The fraction of sp³-hybridized carbons (Fsp3) is 0.933. The van der Waals surface area contributed by atoms with Gasteiger partial charge in [0.05, 0.1) is 0 Å². The molecule has 0 atom stereocenters. The van der Waals surface area contributed by atoms with Crippen LogP contribution in [0, 0.1) is 0 Å². The summed E-state index contributed by atoms with van der Waals surface area (Å²) in [6, 6.07) is 0.807. The SMILES string of the molecule is CCCCCNC(=NC)NCCN(C)C1CCCC1. The lowest BCUT2D eigenvalue weighted by Gasteiger charge is -2.24. The largest absolute Gasteiger partial charge is 0.356 e. The van der Waals surface area contributed by atoms with Gasteiger partial charge in [0.1, 0.15) is 0 Å². The number of nitrogens with one attached hydrogen (secondary N) is 2. The zero-order valence-electron chi connectivity index (χ0n) is 13.0. The van der Waals surface area contributed by atoms with E-state index in [1.54, 1.807) is 0 Å². The van der Waals surface area contributed by atoms with Gasteiger partial charge in [0, 0.05) is 32.7 Å². The highest BCUT2D eigenvalue weighted by Crippen LogP contribution is 2.21. The number of hydrogen-bond acceptors (Lipinski definition) is 2. The first-order valence-corrected chi connectivity index (χ1v) is 7.92. The summed E-state index contributed by atoms with van der Waals surface area (Å²) < 4.78 is 0. The van der Waals surface area contributed by atoms with Gasteiger partial charge in [-0.2, -0.15) is 0 Å². The number of aliphatic imine (C=N–C) groups is 1. The Morgan fingerprint density at radius 1 is 1.16 bits per heavy atom. The van der Waals surface area contributed by atoms with Crippen LogP contribution in [-0.4, -0.2) is 50.6 Å². The van der Waals surface area contributed by atoms with Gasteiger partial charge in [0.25, 0.3) is 0 Å². The van der Waals surface area contributed by atoms with Crippen LogP contribution in [0.2, 0.25) is 0 Å². The van der Waals surface area contributed by atoms with Crippen LogP contribution in [0.5, 0.6) is 0 Å². The standard InChI is InChI=1S/C15H32N4/c1-4-5-8-11-17-15(16-2)18-12-13-19(3)14-9-6-7-10-14/h14H,4-13H2,1-3H3,(H2,16,17,18). The number of rotatable bonds is 8. The smallest absolute Gasteiger partial charge is 0.191 e. The maximum Gasteiger partial charge on any atom is 0.191 e. The number of likely N-dealkylation sites (N-methyl/N-ethyl adjacent to an activating group) is 1. The highest BCUT2D eigenvalue weighted by Gasteiger charge is 2.18. The molecule has 0 saturated heterocycles. The Balaban J connectivity index is 2.08. The summed E-state index contributed by atoms with van der Waals surface area (Å²) in [7, 11) is 4.09. The highest BCUT2D eigenvalue weighted by atomic mass is 15.2. The van der Waals surface area contributed by atoms with Crippen LogP contribution in [0.15, 0.2) is 4.99 Å². The lowest BCUT2D eigenvalue weighted by molar-refractivity contribution is 0.249. The molecule has 4 heteroatoms. The second kappa shape index (κ2) is 10.1. The summed E-state index contributed by atoms with van der Waals surface area (Å²) in [6.45, 7) is 5.32. The summed E-state index contributed by atoms with van der Waals surface area (Å²) in [5, 5.41) is 6.77. The molecule has 0 bridgehead atoms. The normalized spacial score (nSPS) is 17.2. The first kappa shape index (κ1) is 16.3. The number of nitrogens with zero attached hydrogens (tertiary/aromatic N) is 2. The van der Waals surface area contributed by atoms with Gasteiger partial charge in [-0.25, -0.2) is 0 Å². The van der Waals surface area contributed by atoms with Crippen molar-refractivity contribution in [1.82, 2.24) is 15.5 Å². The van der Waals surface area contributed by atoms with Crippen molar-refractivity contribution in [2.24, 2.45) is 4.99 Å². The molecule has 1 saturated carbocycles. The highest BCUT2D eigenvalue weighted by molar-refractivity contribution is 5.79. The van der Waals surface area contributed by atoms with Gasteiger partial charge < -0.3 is 15.5 Å². The molecule has 0 aromatic rings. The van der Waals surface area contributed by atoms with Crippen LogP contribution in [0.4, 0.5) is 0 Å². The molecular weight excluding hydrogens is 236 g/mol. The van der Waals surface area contributed by atoms with Crippen molar-refractivity contribution in [3.63, 3.8) is 0 Å². The molecule has 0 aromatic heterocycles. The first-order valence-electron chi connectivity index (χ1n) is 7.92. The van der Waals surface area contributed by atoms with Crippen LogP contribution < -0.4 is 10.6 Å². The maximum absolute atomic E-state index is 4.26. The van der Waals surface area contributed by atoms with Crippen molar-refractivity contribution < 1.29 is 0 Å². The van der Waals surface area contributed by atoms with Gasteiger partial charge in [0.15, 0.2) is 5.96 Å². The zero-order chi connectivity index (χ0) is 13.9. The molecule has 0 aliphatic heterocycles. The minimum absolute atomic E-state index is 0.807. The molecule has 1 fully saturated rings. The Morgan fingerprint density at radius 3 is 2.47 bits per heavy atom. The molecular formula is C15H32N4. The molecule has 0 amide bonds. The molecule has 1 aliphatic rings. The van der Waals surface area contributed by atoms with Gasteiger partial charge in [-0.3, -0.25) is 4.99 Å². The average molecular weight is 268 g/mol. The Morgan fingerprint density at radius 2 is 1.84 bits per heavy atom. The molecule has 0 unspecified atom stereocenters. The molecule has 1 aliphatic carbocycles. The zero-order valence-corrected chi connectivity index (χ0v) is 13.0. The Hall–Kier alpha value is -0.770. The molecule has 2 N–H and O–H groups in total. The third-order valence-electron chi connectivity index (χ3n) is 4.00. The fourth-order valence-corrected chi connectivity index (χ4v) is 2.68. The summed E-state index contributed by atoms with van der Waals surface area (Å²) in [4.78, 5) is 6.75. The van der Waals surface area contributed by atoms with Crippen LogP contribution in [-0.2, 0) is 0 Å². The second-order valence-corrected chi connectivity index (χ2v) is 5.55. The van der Waals surface area contributed by atoms with E-state index in [0.717, 1.165) is 31.6 Å². The van der Waals surface area contributed by atoms with Crippen molar-refractivity contribution in [1.29, 1.82) is 0 Å². The molecule has 0 aromatic carbocycles. The van der Waals surface area contributed by atoms with Crippen LogP contribution in [0.25, 0.3) is 0 Å². The average Bonchev–Trinajstić information content (AvgIpc) is 2.95. The van der Waals surface area contributed by atoms with Crippen LogP contribution in [0.3, 0.4) is 0 Å². The molecule has 0 heterocycles. The molecule has 4 nitrogen and oxygen atoms in total. The summed E-state index contributed by atoms with van der Waals surface area (Å²) in [5.41, 5.74) is 0. The van der Waals surface area contributed by atoms with Gasteiger partial charge in [-0.05, 0) is 26.3 Å². The topological polar surface area (TPSA) is 39.7 Å². The number of hydrogen-bond donors (Lipinski definition) is 2. The van der Waals surface area contributed by atoms with E-state index in [2.05, 4.69) is 34.5 Å². The number of unbranched alkanes of at least 4 members (excludes halogenated alkanes) is 2. The monoisotopic (exact) mass is 268 g/mol. The Labute approximate surface area is 119 Å². The van der Waals surface area contributed by atoms with Crippen molar-refractivity contribution in [2.45, 2.75) is 57.9 Å². The van der Waals surface area contributed by atoms with E-state index in [1.807, 2.05) is 7.05 Å². The minimum Gasteiger partial charge on any atom is -0.356 e. The van der Waals surface area contributed by atoms with E-state index in [-0.39, 0.29) is 0 Å². The first-order chi connectivity index (χ1) is 9.27. The third kappa shape index (κ3) is 6.81. The molecule has 0 spiro atoms. The van der Waals surface area contributed by atoms with Gasteiger partial charge in [0.2, 0.25) is 0 Å². The predicted octanol–water partition coefficient (Wildman–Crippen LogP) is 2.22. The minimum atomic E-state index is 0.807. The van der Waals surface area contributed by atoms with Gasteiger partial charge in [-0.15, -0.1) is 0 Å². The van der Waals surface area contributed by atoms with Crippen molar-refractivity contribution >= 4 is 5.96 Å². The van der Waals surface area contributed by atoms with Crippen molar-refractivity contribution in [3.05, 3.63) is 0 Å². The maximum atomic E-state index is 4.26. The van der Waals surface area contributed by atoms with Crippen molar-refractivity contribution in [3.8, 4) is 0 Å². The lowest BCUT2D eigenvalue weighted by atomic mass is 10.2. The lowest BCUT2D eigenvalue weighted by Crippen LogP contribution is -2.42. The Bertz CT molecular complexity index is 247. The number of guanidine groups is 1. The predicted molar refractivity (Wildman–Crippen MR) is 83.8 cm³/mol. The van der Waals surface area contributed by atoms with E-state index >= 15 is 0 Å². The summed E-state index contributed by atoms with van der Waals surface area (Å²) >= 11 is 0. The molecule has 0 radical (unpaired) electrons. The molecule has 19 heavy (non-hydrogen) atoms. The van der Waals surface area contributed by atoms with Crippen LogP contribution >= 0.6 is 0 Å². The molecule has 1 rings (SSSR count). The quantitative estimate of drug-likeness (QED) is 0.403. The second-order valence-electron chi connectivity index (χ2n) is 5.55. The fourth-order valence-electron chi connectivity index (χ4n) is 2.68. The van der Waals surface area contributed by atoms with E-state index in [4.69, 9.17) is 0 Å². The Kier molecular flexibility index (Phi) is 8.63. The van der Waals surface area contributed by atoms with E-state index in [9.17, 15) is 0 Å². The van der Waals surface area contributed by atoms with E-state index in [1.165, 1.54) is 44.9 Å². The summed E-state index contributed by atoms with van der Waals surface area (Å²) in [6.07, 6.45) is 9.33. The van der Waals surface area contributed by atoms with Gasteiger partial charge >= 0.3 is 0 Å².